The minimum atomic E-state index is -0.269. The van der Waals surface area contributed by atoms with Crippen LogP contribution < -0.4 is 5.73 Å². The maximum atomic E-state index is 12.5. The van der Waals surface area contributed by atoms with Gasteiger partial charge in [0.25, 0.3) is 0 Å². The van der Waals surface area contributed by atoms with E-state index in [0.29, 0.717) is 19.6 Å². The van der Waals surface area contributed by atoms with Crippen LogP contribution in [-0.2, 0) is 16.1 Å². The Morgan fingerprint density at radius 3 is 2.96 bits per heavy atom. The van der Waals surface area contributed by atoms with Crippen molar-refractivity contribution in [3.8, 4) is 0 Å². The molecule has 6 nitrogen and oxygen atoms in total. The Morgan fingerprint density at radius 1 is 1.42 bits per heavy atom. The molecule has 128 valence electrons. The van der Waals surface area contributed by atoms with Crippen LogP contribution in [0.4, 0.5) is 0 Å². The second-order valence-electron chi connectivity index (χ2n) is 6.30. The van der Waals surface area contributed by atoms with E-state index in [1.807, 2.05) is 29.2 Å². The first kappa shape index (κ1) is 16.9. The third-order valence-corrected chi connectivity index (χ3v) is 5.42. The number of piperidine rings is 1. The Bertz CT molecular complexity index is 712. The van der Waals surface area contributed by atoms with Crippen LogP contribution in [0.15, 0.2) is 24.3 Å². The Labute approximate surface area is 145 Å². The van der Waals surface area contributed by atoms with Gasteiger partial charge in [0, 0.05) is 13.6 Å². The molecule has 2 amide bonds. The third kappa shape index (κ3) is 3.91. The van der Waals surface area contributed by atoms with Gasteiger partial charge in [-0.3, -0.25) is 14.5 Å². The lowest BCUT2D eigenvalue weighted by Crippen LogP contribution is -2.45. The van der Waals surface area contributed by atoms with Crippen molar-refractivity contribution in [3.63, 3.8) is 0 Å². The molecule has 3 rings (SSSR count). The fourth-order valence-corrected chi connectivity index (χ4v) is 4.04. The van der Waals surface area contributed by atoms with Gasteiger partial charge in [-0.1, -0.05) is 12.1 Å². The molecule has 1 fully saturated rings. The fraction of sp³-hybridized carbons (Fsp3) is 0.471. The van der Waals surface area contributed by atoms with Crippen LogP contribution in [0.25, 0.3) is 10.2 Å². The van der Waals surface area contributed by atoms with Gasteiger partial charge in [0.2, 0.25) is 11.8 Å². The average molecular weight is 346 g/mol. The lowest BCUT2D eigenvalue weighted by molar-refractivity contribution is -0.133. The van der Waals surface area contributed by atoms with E-state index in [-0.39, 0.29) is 17.7 Å². The van der Waals surface area contributed by atoms with Crippen molar-refractivity contribution in [1.82, 2.24) is 14.8 Å². The molecule has 7 heteroatoms. The highest BCUT2D eigenvalue weighted by Crippen LogP contribution is 2.22. The molecule has 2 N–H and O–H groups in total. The maximum absolute atomic E-state index is 12.5. The molecule has 2 aromatic rings. The quantitative estimate of drug-likeness (QED) is 0.889. The molecule has 0 bridgehead atoms. The zero-order valence-electron chi connectivity index (χ0n) is 13.8. The van der Waals surface area contributed by atoms with Crippen molar-refractivity contribution >= 4 is 33.4 Å². The summed E-state index contributed by atoms with van der Waals surface area (Å²) in [4.78, 5) is 32.1. The van der Waals surface area contributed by atoms with Gasteiger partial charge >= 0.3 is 0 Å². The maximum Gasteiger partial charge on any atom is 0.236 e. The van der Waals surface area contributed by atoms with E-state index in [9.17, 15) is 9.59 Å². The van der Waals surface area contributed by atoms with Gasteiger partial charge in [0.1, 0.15) is 5.01 Å². The van der Waals surface area contributed by atoms with Crippen molar-refractivity contribution in [2.45, 2.75) is 19.4 Å². The molecule has 1 aliphatic rings. The normalized spacial score (nSPS) is 18.6. The van der Waals surface area contributed by atoms with Crippen LogP contribution in [0.3, 0.4) is 0 Å². The molecule has 1 saturated heterocycles. The highest BCUT2D eigenvalue weighted by atomic mass is 32.1. The van der Waals surface area contributed by atoms with Crippen molar-refractivity contribution in [2.75, 3.05) is 26.7 Å². The summed E-state index contributed by atoms with van der Waals surface area (Å²) < 4.78 is 1.13. The van der Waals surface area contributed by atoms with Crippen LogP contribution in [0.5, 0.6) is 0 Å². The van der Waals surface area contributed by atoms with Crippen molar-refractivity contribution in [2.24, 2.45) is 11.7 Å². The van der Waals surface area contributed by atoms with Gasteiger partial charge in [0.05, 0.1) is 29.2 Å². The number of hydrogen-bond acceptors (Lipinski definition) is 5. The van der Waals surface area contributed by atoms with Gasteiger partial charge in [-0.05, 0) is 31.5 Å². The summed E-state index contributed by atoms with van der Waals surface area (Å²) >= 11 is 1.61. The summed E-state index contributed by atoms with van der Waals surface area (Å²) in [7, 11) is 1.80. The number of hydrogen-bond donors (Lipinski definition) is 1. The molecule has 2 heterocycles. The second-order valence-corrected chi connectivity index (χ2v) is 7.42. The van der Waals surface area contributed by atoms with Crippen LogP contribution in [0.1, 0.15) is 17.8 Å². The van der Waals surface area contributed by atoms with Crippen molar-refractivity contribution in [3.05, 3.63) is 29.3 Å². The average Bonchev–Trinajstić information content (AvgIpc) is 2.97. The lowest BCUT2D eigenvalue weighted by Gasteiger charge is -2.31. The van der Waals surface area contributed by atoms with E-state index >= 15 is 0 Å². The van der Waals surface area contributed by atoms with Crippen molar-refractivity contribution < 1.29 is 9.59 Å². The minimum absolute atomic E-state index is 0.0411. The number of nitrogens with two attached hydrogens (primary N) is 1. The number of para-hydroxylation sites is 1. The monoisotopic (exact) mass is 346 g/mol. The Kier molecular flexibility index (Phi) is 5.11. The van der Waals surface area contributed by atoms with E-state index in [1.54, 1.807) is 23.3 Å². The van der Waals surface area contributed by atoms with Gasteiger partial charge in [-0.25, -0.2) is 4.98 Å². The molecule has 0 saturated carbocycles. The molecule has 0 unspecified atom stereocenters. The topological polar surface area (TPSA) is 79.5 Å². The summed E-state index contributed by atoms with van der Waals surface area (Å²) in [6, 6.07) is 7.97. The number of fused-ring (bicyclic) bond motifs is 1. The number of nitrogens with zero attached hydrogens (tertiary/aromatic N) is 3. The largest absolute Gasteiger partial charge is 0.369 e. The predicted octanol–water partition coefficient (Wildman–Crippen LogP) is 1.45. The summed E-state index contributed by atoms with van der Waals surface area (Å²) in [6.07, 6.45) is 1.73. The van der Waals surface area contributed by atoms with E-state index in [0.717, 1.165) is 34.6 Å². The Morgan fingerprint density at radius 2 is 2.21 bits per heavy atom. The number of carbonyl (C=O) groups excluding carboxylic acids is 2. The molecule has 0 aliphatic carbocycles. The molecule has 1 aromatic heterocycles. The van der Waals surface area contributed by atoms with Gasteiger partial charge < -0.3 is 10.6 Å². The van der Waals surface area contributed by atoms with Crippen LogP contribution in [0, 0.1) is 5.92 Å². The number of thiazole rings is 1. The smallest absolute Gasteiger partial charge is 0.236 e. The number of carbonyl (C=O) groups is 2. The van der Waals surface area contributed by atoms with Crippen molar-refractivity contribution in [1.29, 1.82) is 0 Å². The summed E-state index contributed by atoms with van der Waals surface area (Å²) in [5, 5.41) is 0.931. The second kappa shape index (κ2) is 7.27. The van der Waals surface area contributed by atoms with Crippen LogP contribution >= 0.6 is 11.3 Å². The van der Waals surface area contributed by atoms with Gasteiger partial charge in [-0.15, -0.1) is 11.3 Å². The first-order valence-corrected chi connectivity index (χ1v) is 8.94. The summed E-state index contributed by atoms with van der Waals surface area (Å²) in [5.41, 5.74) is 6.36. The molecule has 1 aliphatic heterocycles. The SMILES string of the molecule is CN(Cc1nc2ccccc2s1)C(=O)CN1CCC[C@H](C(N)=O)C1. The highest BCUT2D eigenvalue weighted by molar-refractivity contribution is 7.18. The number of amides is 2. The molecule has 1 aromatic carbocycles. The summed E-state index contributed by atoms with van der Waals surface area (Å²) in [6.45, 7) is 2.25. The number of aromatic nitrogens is 1. The molecular formula is C17H22N4O2S. The standard InChI is InChI=1S/C17H22N4O2S/c1-20(10-15-19-13-6-2-3-7-14(13)24-15)16(22)11-21-8-4-5-12(9-21)17(18)23/h2-3,6-7,12H,4-5,8-11H2,1H3,(H2,18,23)/t12-/m0/s1. The molecule has 0 radical (unpaired) electrons. The fourth-order valence-electron chi connectivity index (χ4n) is 3.02. The van der Waals surface area contributed by atoms with Crippen LogP contribution in [0.2, 0.25) is 0 Å². The van der Waals surface area contributed by atoms with E-state index in [1.165, 1.54) is 0 Å². The molecule has 1 atom stereocenters. The molecule has 24 heavy (non-hydrogen) atoms. The van der Waals surface area contributed by atoms with E-state index < -0.39 is 0 Å². The number of rotatable bonds is 5. The predicted molar refractivity (Wildman–Crippen MR) is 94.5 cm³/mol. The Balaban J connectivity index is 1.57. The number of benzene rings is 1. The number of likely N-dealkylation sites (N-methyl/N-ethyl adjacent to an activating group) is 1. The number of primary amides is 1. The number of likely N-dealkylation sites (tertiary alicyclic amines) is 1. The third-order valence-electron chi connectivity index (χ3n) is 4.40. The molecular weight excluding hydrogens is 324 g/mol. The molecule has 0 spiro atoms. The Hall–Kier alpha value is -1.99. The van der Waals surface area contributed by atoms with Gasteiger partial charge in [-0.2, -0.15) is 0 Å². The minimum Gasteiger partial charge on any atom is -0.369 e. The lowest BCUT2D eigenvalue weighted by atomic mass is 9.97. The summed E-state index contributed by atoms with van der Waals surface area (Å²) in [5.74, 6) is -0.365. The van der Waals surface area contributed by atoms with E-state index in [4.69, 9.17) is 5.73 Å². The van der Waals surface area contributed by atoms with Crippen LogP contribution in [-0.4, -0.2) is 53.3 Å². The highest BCUT2D eigenvalue weighted by Gasteiger charge is 2.26. The zero-order chi connectivity index (χ0) is 17.1. The zero-order valence-corrected chi connectivity index (χ0v) is 14.6. The first-order valence-electron chi connectivity index (χ1n) is 8.13. The van der Waals surface area contributed by atoms with E-state index in [2.05, 4.69) is 4.98 Å². The van der Waals surface area contributed by atoms with Gasteiger partial charge in [0.15, 0.2) is 0 Å². The first-order chi connectivity index (χ1) is 11.5.